The fourth-order valence-electron chi connectivity index (χ4n) is 1.33. The summed E-state index contributed by atoms with van der Waals surface area (Å²) in [6.45, 7) is 7.14. The third-order valence-electron chi connectivity index (χ3n) is 2.83. The molecule has 2 N–H and O–H groups in total. The molecule has 0 spiro atoms. The van der Waals surface area contributed by atoms with Gasteiger partial charge in [-0.05, 0) is 31.7 Å². The van der Waals surface area contributed by atoms with Gasteiger partial charge in [0.15, 0.2) is 5.16 Å². The van der Waals surface area contributed by atoms with E-state index < -0.39 is 0 Å². The zero-order chi connectivity index (χ0) is 12.2. The summed E-state index contributed by atoms with van der Waals surface area (Å²) in [5.74, 6) is 2.04. The van der Waals surface area contributed by atoms with Gasteiger partial charge in [-0.3, -0.25) is 0 Å². The van der Waals surface area contributed by atoms with Crippen molar-refractivity contribution in [3.8, 4) is 0 Å². The maximum Gasteiger partial charge on any atom is 0.190 e. The lowest BCUT2D eigenvalue weighted by Gasteiger charge is -2.21. The number of aromatic nitrogens is 3. The van der Waals surface area contributed by atoms with E-state index in [1.165, 1.54) is 6.42 Å². The SMILES string of the molecule is Cc1nnc(SCCCC(C)(C)CN)n1C. The van der Waals surface area contributed by atoms with Crippen LogP contribution in [0.1, 0.15) is 32.5 Å². The van der Waals surface area contributed by atoms with E-state index in [-0.39, 0.29) is 5.41 Å². The highest BCUT2D eigenvalue weighted by molar-refractivity contribution is 7.99. The van der Waals surface area contributed by atoms with Gasteiger partial charge in [0.1, 0.15) is 5.82 Å². The Hall–Kier alpha value is -0.550. The van der Waals surface area contributed by atoms with Crippen molar-refractivity contribution in [1.29, 1.82) is 0 Å². The lowest BCUT2D eigenvalue weighted by Crippen LogP contribution is -2.23. The van der Waals surface area contributed by atoms with Crippen LogP contribution >= 0.6 is 11.8 Å². The van der Waals surface area contributed by atoms with E-state index in [0.717, 1.165) is 29.7 Å². The molecule has 0 unspecified atom stereocenters. The van der Waals surface area contributed by atoms with Crippen molar-refractivity contribution in [2.45, 2.75) is 38.8 Å². The number of hydrogen-bond donors (Lipinski definition) is 1. The molecule has 0 aliphatic heterocycles. The Labute approximate surface area is 102 Å². The molecule has 16 heavy (non-hydrogen) atoms. The average molecular weight is 242 g/mol. The predicted molar refractivity (Wildman–Crippen MR) is 68.5 cm³/mol. The lowest BCUT2D eigenvalue weighted by molar-refractivity contribution is 0.345. The fourth-order valence-corrected chi connectivity index (χ4v) is 2.23. The maximum absolute atomic E-state index is 5.69. The van der Waals surface area contributed by atoms with Crippen LogP contribution < -0.4 is 5.73 Å². The van der Waals surface area contributed by atoms with Crippen LogP contribution in [0.5, 0.6) is 0 Å². The second-order valence-corrected chi connectivity index (χ2v) is 5.97. The molecule has 1 rings (SSSR count). The molecule has 0 radical (unpaired) electrons. The molecule has 0 aromatic carbocycles. The minimum absolute atomic E-state index is 0.260. The van der Waals surface area contributed by atoms with Crippen LogP contribution in [0, 0.1) is 12.3 Å². The van der Waals surface area contributed by atoms with E-state index in [1.807, 2.05) is 18.5 Å². The summed E-state index contributed by atoms with van der Waals surface area (Å²) in [7, 11) is 2.00. The van der Waals surface area contributed by atoms with Gasteiger partial charge >= 0.3 is 0 Å². The van der Waals surface area contributed by atoms with Gasteiger partial charge in [-0.15, -0.1) is 10.2 Å². The lowest BCUT2D eigenvalue weighted by atomic mass is 9.88. The molecule has 1 aromatic heterocycles. The quantitative estimate of drug-likeness (QED) is 0.612. The van der Waals surface area contributed by atoms with E-state index in [1.54, 1.807) is 11.8 Å². The van der Waals surface area contributed by atoms with Crippen LogP contribution in [0.15, 0.2) is 5.16 Å². The van der Waals surface area contributed by atoms with E-state index in [4.69, 9.17) is 5.73 Å². The van der Waals surface area contributed by atoms with Crippen molar-refractivity contribution < 1.29 is 0 Å². The van der Waals surface area contributed by atoms with E-state index in [0.29, 0.717) is 0 Å². The molecule has 4 nitrogen and oxygen atoms in total. The van der Waals surface area contributed by atoms with Crippen LogP contribution in [0.3, 0.4) is 0 Å². The van der Waals surface area contributed by atoms with Gasteiger partial charge in [-0.2, -0.15) is 0 Å². The van der Waals surface area contributed by atoms with Crippen molar-refractivity contribution in [3.05, 3.63) is 5.82 Å². The molecule has 0 atom stereocenters. The van der Waals surface area contributed by atoms with Gasteiger partial charge in [-0.1, -0.05) is 25.6 Å². The number of rotatable bonds is 6. The summed E-state index contributed by atoms with van der Waals surface area (Å²) in [4.78, 5) is 0. The molecular weight excluding hydrogens is 220 g/mol. The molecule has 0 fully saturated rings. The average Bonchev–Trinajstić information content (AvgIpc) is 2.56. The first-order valence-electron chi connectivity index (χ1n) is 5.65. The third kappa shape index (κ3) is 3.79. The predicted octanol–water partition coefficient (Wildman–Crippen LogP) is 1.98. The zero-order valence-corrected chi connectivity index (χ0v) is 11.5. The molecule has 0 bridgehead atoms. The van der Waals surface area contributed by atoms with Gasteiger partial charge in [-0.25, -0.2) is 0 Å². The van der Waals surface area contributed by atoms with Gasteiger partial charge in [0.2, 0.25) is 0 Å². The second kappa shape index (κ2) is 5.68. The Balaban J connectivity index is 2.29. The number of nitrogens with two attached hydrogens (primary N) is 1. The van der Waals surface area contributed by atoms with Crippen LogP contribution in [0.2, 0.25) is 0 Å². The monoisotopic (exact) mass is 242 g/mol. The van der Waals surface area contributed by atoms with Crippen molar-refractivity contribution in [1.82, 2.24) is 14.8 Å². The number of nitrogens with zero attached hydrogens (tertiary/aromatic N) is 3. The topological polar surface area (TPSA) is 56.7 Å². The summed E-state index contributed by atoms with van der Waals surface area (Å²) in [6, 6.07) is 0. The number of hydrogen-bond acceptors (Lipinski definition) is 4. The maximum atomic E-state index is 5.69. The Morgan fingerprint density at radius 1 is 1.38 bits per heavy atom. The largest absolute Gasteiger partial charge is 0.330 e. The van der Waals surface area contributed by atoms with E-state index in [2.05, 4.69) is 24.0 Å². The van der Waals surface area contributed by atoms with Gasteiger partial charge < -0.3 is 10.3 Å². The highest BCUT2D eigenvalue weighted by Crippen LogP contribution is 2.23. The van der Waals surface area contributed by atoms with Crippen LogP contribution in [-0.4, -0.2) is 27.1 Å². The Bertz CT molecular complexity index is 333. The Kier molecular flexibility index (Phi) is 4.80. The first-order valence-corrected chi connectivity index (χ1v) is 6.64. The van der Waals surface area contributed by atoms with Crippen molar-refractivity contribution in [3.63, 3.8) is 0 Å². The molecule has 0 saturated heterocycles. The standard InChI is InChI=1S/C11H22N4S/c1-9-13-14-10(15(9)4)16-7-5-6-11(2,3)8-12/h5-8,12H2,1-4H3. The summed E-state index contributed by atoms with van der Waals surface area (Å²) >= 11 is 1.77. The van der Waals surface area contributed by atoms with Gasteiger partial charge in [0.25, 0.3) is 0 Å². The summed E-state index contributed by atoms with van der Waals surface area (Å²) in [5.41, 5.74) is 5.95. The number of thioether (sulfide) groups is 1. The Morgan fingerprint density at radius 2 is 2.06 bits per heavy atom. The van der Waals surface area contributed by atoms with Crippen LogP contribution in [-0.2, 0) is 7.05 Å². The minimum Gasteiger partial charge on any atom is -0.330 e. The van der Waals surface area contributed by atoms with Crippen molar-refractivity contribution in [2.75, 3.05) is 12.3 Å². The first kappa shape index (κ1) is 13.5. The minimum atomic E-state index is 0.260. The van der Waals surface area contributed by atoms with Crippen molar-refractivity contribution >= 4 is 11.8 Å². The molecule has 1 aromatic rings. The zero-order valence-electron chi connectivity index (χ0n) is 10.7. The van der Waals surface area contributed by atoms with Crippen LogP contribution in [0.25, 0.3) is 0 Å². The molecule has 0 saturated carbocycles. The molecule has 5 heteroatoms. The molecule has 0 amide bonds. The number of aryl methyl sites for hydroxylation is 1. The third-order valence-corrected chi connectivity index (χ3v) is 3.94. The molecule has 0 aliphatic carbocycles. The smallest absolute Gasteiger partial charge is 0.190 e. The van der Waals surface area contributed by atoms with E-state index in [9.17, 15) is 0 Å². The van der Waals surface area contributed by atoms with E-state index >= 15 is 0 Å². The second-order valence-electron chi connectivity index (χ2n) is 4.91. The highest BCUT2D eigenvalue weighted by Gasteiger charge is 2.14. The van der Waals surface area contributed by atoms with Gasteiger partial charge in [0, 0.05) is 12.8 Å². The highest BCUT2D eigenvalue weighted by atomic mass is 32.2. The first-order chi connectivity index (χ1) is 7.46. The molecule has 0 aliphatic rings. The summed E-state index contributed by atoms with van der Waals surface area (Å²) in [5, 5.41) is 9.16. The molecule has 1 heterocycles. The molecule has 92 valence electrons. The van der Waals surface area contributed by atoms with Gasteiger partial charge in [0.05, 0.1) is 0 Å². The van der Waals surface area contributed by atoms with Crippen LogP contribution in [0.4, 0.5) is 0 Å². The normalized spacial score (nSPS) is 12.1. The fraction of sp³-hybridized carbons (Fsp3) is 0.818. The Morgan fingerprint density at radius 3 is 2.56 bits per heavy atom. The summed E-state index contributed by atoms with van der Waals surface area (Å²) < 4.78 is 2.03. The van der Waals surface area contributed by atoms with Crippen molar-refractivity contribution in [2.24, 2.45) is 18.2 Å². The molecular formula is C11H22N4S. The summed E-state index contributed by atoms with van der Waals surface area (Å²) in [6.07, 6.45) is 2.33.